The number of pyridine rings is 1. The Kier molecular flexibility index (Phi) is 13.2. The van der Waals surface area contributed by atoms with Gasteiger partial charge in [0.1, 0.15) is 22.8 Å². The quantitative estimate of drug-likeness (QED) is 0.130. The minimum absolute atomic E-state index is 0.0847. The Labute approximate surface area is 386 Å². The maximum absolute atomic E-state index is 15.8. The molecule has 4 aromatic rings. The number of anilines is 3. The number of benzene rings is 2. The van der Waals surface area contributed by atoms with Crippen molar-refractivity contribution in [1.29, 1.82) is 0 Å². The van der Waals surface area contributed by atoms with Crippen molar-refractivity contribution in [2.45, 2.75) is 114 Å². The number of ether oxygens (including phenoxy) is 3. The molecule has 352 valence electrons. The fourth-order valence-corrected chi connectivity index (χ4v) is 10.5. The number of carbonyl (C=O) groups is 3. The lowest BCUT2D eigenvalue weighted by molar-refractivity contribution is -0.142. The van der Waals surface area contributed by atoms with Crippen molar-refractivity contribution < 1.29 is 38.1 Å². The number of likely N-dealkylation sites (N-methyl/N-ethyl adjacent to an activating group) is 1. The minimum Gasteiger partial charge on any atom is -0.496 e. The molecule has 4 aliphatic heterocycles. The number of aromatic nitrogens is 3. The lowest BCUT2D eigenvalue weighted by atomic mass is 9.82. The summed E-state index contributed by atoms with van der Waals surface area (Å²) >= 11 is 6.60. The van der Waals surface area contributed by atoms with Gasteiger partial charge >= 0.3 is 0 Å². The Morgan fingerprint density at radius 2 is 1.79 bits per heavy atom. The molecule has 2 aromatic heterocycles. The van der Waals surface area contributed by atoms with Crippen LogP contribution in [-0.2, 0) is 25.7 Å². The highest BCUT2D eigenvalue weighted by atomic mass is 35.5. The van der Waals surface area contributed by atoms with Crippen molar-refractivity contribution in [3.05, 3.63) is 74.4 Å². The van der Waals surface area contributed by atoms with Crippen LogP contribution in [0.25, 0.3) is 10.9 Å². The predicted octanol–water partition coefficient (Wildman–Crippen LogP) is 5.05. The molecule has 17 nitrogen and oxygen atoms in total. The van der Waals surface area contributed by atoms with Gasteiger partial charge in [-0.25, -0.2) is 9.37 Å². The molecule has 5 aliphatic rings. The van der Waals surface area contributed by atoms with E-state index in [0.717, 1.165) is 81.2 Å². The van der Waals surface area contributed by atoms with Gasteiger partial charge < -0.3 is 44.3 Å². The van der Waals surface area contributed by atoms with Crippen LogP contribution >= 0.6 is 11.6 Å². The zero-order valence-corrected chi connectivity index (χ0v) is 38.4. The molecule has 66 heavy (non-hydrogen) atoms. The molecule has 2 unspecified atom stereocenters. The van der Waals surface area contributed by atoms with E-state index in [1.54, 1.807) is 28.8 Å². The monoisotopic (exact) mass is 929 g/mol. The van der Waals surface area contributed by atoms with E-state index in [-0.39, 0.29) is 78.8 Å². The summed E-state index contributed by atoms with van der Waals surface area (Å²) < 4.78 is 35.5. The van der Waals surface area contributed by atoms with Crippen LogP contribution in [0, 0.1) is 5.82 Å². The molecule has 3 saturated heterocycles. The molecule has 2 aromatic carbocycles. The van der Waals surface area contributed by atoms with Gasteiger partial charge in [-0.05, 0) is 108 Å². The first-order valence-corrected chi connectivity index (χ1v) is 23.3. The van der Waals surface area contributed by atoms with Crippen molar-refractivity contribution in [2.24, 2.45) is 0 Å². The molecule has 4 fully saturated rings. The fourth-order valence-electron chi connectivity index (χ4n) is 10.4. The van der Waals surface area contributed by atoms with Gasteiger partial charge in [0.25, 0.3) is 11.5 Å². The van der Waals surface area contributed by atoms with Crippen molar-refractivity contribution in [1.82, 2.24) is 35.0 Å². The molecule has 1 aliphatic carbocycles. The number of nitrogens with zero attached hydrogens (tertiary/aromatic N) is 6. The van der Waals surface area contributed by atoms with E-state index >= 15 is 4.39 Å². The largest absolute Gasteiger partial charge is 0.496 e. The van der Waals surface area contributed by atoms with Crippen molar-refractivity contribution in [2.75, 3.05) is 57.2 Å². The molecule has 9 rings (SSSR count). The third-order valence-electron chi connectivity index (χ3n) is 13.9. The summed E-state index contributed by atoms with van der Waals surface area (Å²) in [6.07, 6.45) is 6.39. The number of hydrogen-bond donors (Lipinski definition) is 4. The van der Waals surface area contributed by atoms with Gasteiger partial charge in [-0.1, -0.05) is 11.6 Å². The topological polar surface area (TPSA) is 193 Å². The van der Waals surface area contributed by atoms with Gasteiger partial charge in [0.05, 0.1) is 37.1 Å². The van der Waals surface area contributed by atoms with Crippen LogP contribution in [0.1, 0.15) is 100 Å². The first-order chi connectivity index (χ1) is 31.8. The van der Waals surface area contributed by atoms with Crippen molar-refractivity contribution in [3.8, 4) is 11.5 Å². The highest BCUT2D eigenvalue weighted by molar-refractivity contribution is 6.33. The lowest BCUT2D eigenvalue weighted by Gasteiger charge is -2.47. The van der Waals surface area contributed by atoms with E-state index in [4.69, 9.17) is 30.8 Å². The second-order valence-corrected chi connectivity index (χ2v) is 18.7. The zero-order chi connectivity index (χ0) is 46.4. The van der Waals surface area contributed by atoms with Crippen LogP contribution in [0.3, 0.4) is 0 Å². The van der Waals surface area contributed by atoms with Crippen LogP contribution in [0.2, 0.25) is 5.02 Å². The van der Waals surface area contributed by atoms with Crippen LogP contribution < -0.4 is 35.9 Å². The van der Waals surface area contributed by atoms with Gasteiger partial charge in [0.15, 0.2) is 18.2 Å². The maximum atomic E-state index is 15.8. The molecular weight excluding hydrogens is 873 g/mol. The number of fused-ring (bicyclic) bond motifs is 2. The molecule has 6 heterocycles. The van der Waals surface area contributed by atoms with E-state index < -0.39 is 24.0 Å². The second kappa shape index (κ2) is 19.1. The molecule has 19 heteroatoms. The summed E-state index contributed by atoms with van der Waals surface area (Å²) in [4.78, 5) is 65.1. The number of amides is 3. The Balaban J connectivity index is 0.758. The average Bonchev–Trinajstić information content (AvgIpc) is 3.64. The number of aliphatic hydroxyl groups is 1. The van der Waals surface area contributed by atoms with Crippen LogP contribution in [0.15, 0.2) is 41.3 Å². The van der Waals surface area contributed by atoms with Crippen LogP contribution in [-0.4, -0.2) is 118 Å². The number of carbonyl (C=O) groups excluding carboxylic acids is 3. The summed E-state index contributed by atoms with van der Waals surface area (Å²) in [5, 5.41) is 20.4. The number of rotatable bonds is 13. The zero-order valence-electron chi connectivity index (χ0n) is 37.6. The van der Waals surface area contributed by atoms with Crippen molar-refractivity contribution in [3.63, 3.8) is 0 Å². The molecule has 4 N–H and O–H groups in total. The third kappa shape index (κ3) is 9.05. The molecule has 0 bridgehead atoms. The Morgan fingerprint density at radius 3 is 2.48 bits per heavy atom. The van der Waals surface area contributed by atoms with E-state index in [1.807, 2.05) is 32.0 Å². The van der Waals surface area contributed by atoms with Gasteiger partial charge in [0.2, 0.25) is 17.8 Å². The standard InChI is InChI=1S/C47H57ClFN9O8/c1-25(2)58-36-6-5-28(17-27(36)18-38(45(58)62)65-24-40(60)50-3)52-43-34(48)22-51-47(54-43)56-15-11-30(12-16-56)66-31-19-29(20-31)55-13-9-26(10-14-55)32-21-35(49)41-33(42(32)64-4)23-57(46(41)63)37-7-8-39(59)53-44(37)61/h5-6,17-18,21-22,25-26,29-31,37,46,63H,7-16,19-20,23-24H2,1-4H3,(H,50,60)(H,51,52,54)(H,53,59,61). The lowest BCUT2D eigenvalue weighted by Crippen LogP contribution is -2.52. The maximum Gasteiger partial charge on any atom is 0.293 e. The number of halogens is 2. The minimum atomic E-state index is -1.30. The Bertz CT molecular complexity index is 2570. The third-order valence-corrected chi connectivity index (χ3v) is 14.2. The highest BCUT2D eigenvalue weighted by Gasteiger charge is 2.44. The SMILES string of the molecule is CNC(=O)COc1cc2cc(Nc3nc(N4CCC(OC5CC(N6CCC(c7cc(F)c8c(c7OC)CN(C7CCC(=O)NC7=O)C8O)CC6)C5)CC4)ncc3Cl)ccc2n(C(C)C)c1=O. The Hall–Kier alpha value is -5.40. The first-order valence-electron chi connectivity index (χ1n) is 22.9. The fraction of sp³-hybridized carbons (Fsp3) is 0.532. The number of methoxy groups -OCH3 is 1. The summed E-state index contributed by atoms with van der Waals surface area (Å²) in [7, 11) is 3.08. The molecular formula is C47H57ClFN9O8. The van der Waals surface area contributed by atoms with E-state index in [0.29, 0.717) is 39.8 Å². The van der Waals surface area contributed by atoms with E-state index in [9.17, 15) is 24.3 Å². The summed E-state index contributed by atoms with van der Waals surface area (Å²) in [5.74, 6) is 0.118. The number of aliphatic hydroxyl groups excluding tert-OH is 1. The molecule has 3 amide bonds. The molecule has 1 saturated carbocycles. The van der Waals surface area contributed by atoms with E-state index in [2.05, 4.69) is 30.7 Å². The van der Waals surface area contributed by atoms with Gasteiger partial charge in [-0.15, -0.1) is 0 Å². The Morgan fingerprint density at radius 1 is 1.03 bits per heavy atom. The summed E-state index contributed by atoms with van der Waals surface area (Å²) in [6.45, 7) is 6.95. The average molecular weight is 930 g/mol. The van der Waals surface area contributed by atoms with Crippen LogP contribution in [0.5, 0.6) is 11.5 Å². The second-order valence-electron chi connectivity index (χ2n) is 18.3. The molecule has 0 spiro atoms. The highest BCUT2D eigenvalue weighted by Crippen LogP contribution is 2.47. The first kappa shape index (κ1) is 45.7. The van der Waals surface area contributed by atoms with Gasteiger partial charge in [-0.2, -0.15) is 4.98 Å². The molecule has 2 atom stereocenters. The van der Waals surface area contributed by atoms with E-state index in [1.165, 1.54) is 13.1 Å². The smallest absolute Gasteiger partial charge is 0.293 e. The van der Waals surface area contributed by atoms with Crippen LogP contribution in [0.4, 0.5) is 21.8 Å². The number of hydrogen-bond acceptors (Lipinski definition) is 14. The predicted molar refractivity (Wildman–Crippen MR) is 245 cm³/mol. The van der Waals surface area contributed by atoms with Gasteiger partial charge in [0, 0.05) is 73.0 Å². The number of nitrogens with one attached hydrogen (secondary N) is 3. The molecule has 0 radical (unpaired) electrons. The normalized spacial score (nSPS) is 23.2. The van der Waals surface area contributed by atoms with Gasteiger partial charge in [-0.3, -0.25) is 29.4 Å². The number of imide groups is 1. The summed E-state index contributed by atoms with van der Waals surface area (Å²) in [5.41, 5.74) is 2.63. The van der Waals surface area contributed by atoms with Crippen molar-refractivity contribution >= 4 is 57.7 Å². The summed E-state index contributed by atoms with van der Waals surface area (Å²) in [6, 6.07) is 8.33. The number of piperidine rings is 3. The number of likely N-dealkylation sites (tertiary alicyclic amines) is 1.